The second-order valence-corrected chi connectivity index (χ2v) is 5.65. The van der Waals surface area contributed by atoms with Gasteiger partial charge in [-0.3, -0.25) is 4.79 Å². The van der Waals surface area contributed by atoms with Crippen LogP contribution in [0.15, 0.2) is 16.7 Å². The summed E-state index contributed by atoms with van der Waals surface area (Å²) in [7, 11) is 0. The third-order valence-corrected chi connectivity index (χ3v) is 4.06. The Hall–Kier alpha value is -2.35. The Morgan fingerprint density at radius 1 is 1.25 bits per heavy atom. The number of fused-ring (bicyclic) bond motifs is 1. The summed E-state index contributed by atoms with van der Waals surface area (Å²) in [5.74, 6) is -4.35. The maximum Gasteiger partial charge on any atom is 0.274 e. The van der Waals surface area contributed by atoms with Crippen molar-refractivity contribution in [1.29, 1.82) is 0 Å². The van der Waals surface area contributed by atoms with Crippen molar-refractivity contribution in [2.24, 2.45) is 0 Å². The molecule has 1 aromatic carbocycles. The van der Waals surface area contributed by atoms with Gasteiger partial charge < -0.3 is 14.9 Å². The summed E-state index contributed by atoms with van der Waals surface area (Å²) in [6.07, 6.45) is 3.22. The fourth-order valence-electron chi connectivity index (χ4n) is 2.80. The fraction of sp³-hybridized carbons (Fsp3) is 0.375. The van der Waals surface area contributed by atoms with Crippen molar-refractivity contribution in [3.8, 4) is 0 Å². The van der Waals surface area contributed by atoms with Crippen molar-refractivity contribution in [3.63, 3.8) is 0 Å². The maximum atomic E-state index is 13.3. The molecule has 1 aliphatic carbocycles. The van der Waals surface area contributed by atoms with Crippen LogP contribution in [-0.2, 0) is 12.8 Å². The number of benzene rings is 1. The molecule has 1 heterocycles. The van der Waals surface area contributed by atoms with Crippen LogP contribution in [0.25, 0.3) is 0 Å². The van der Waals surface area contributed by atoms with Gasteiger partial charge in [-0.2, -0.15) is 0 Å². The number of aryl methyl sites for hydroxylation is 1. The van der Waals surface area contributed by atoms with Gasteiger partial charge in [0.15, 0.2) is 23.1 Å². The van der Waals surface area contributed by atoms with E-state index < -0.39 is 36.0 Å². The lowest BCUT2D eigenvalue weighted by atomic mass is 9.96. The van der Waals surface area contributed by atoms with Crippen LogP contribution in [0.2, 0.25) is 0 Å². The highest BCUT2D eigenvalue weighted by Crippen LogP contribution is 2.25. The molecule has 0 radical (unpaired) electrons. The SMILES string of the molecule is O=C(NC(CO)c1cc(F)c(F)c(F)c1)c1noc2c1CCCC2. The Kier molecular flexibility index (Phi) is 4.57. The number of nitrogens with one attached hydrogen (secondary N) is 1. The quantitative estimate of drug-likeness (QED) is 0.839. The number of halogens is 3. The van der Waals surface area contributed by atoms with Gasteiger partial charge in [0.2, 0.25) is 0 Å². The van der Waals surface area contributed by atoms with Crippen molar-refractivity contribution < 1.29 is 27.6 Å². The highest BCUT2D eigenvalue weighted by molar-refractivity contribution is 5.94. The molecule has 0 saturated heterocycles. The van der Waals surface area contributed by atoms with Crippen molar-refractivity contribution in [1.82, 2.24) is 10.5 Å². The maximum absolute atomic E-state index is 13.3. The Morgan fingerprint density at radius 3 is 2.58 bits per heavy atom. The van der Waals surface area contributed by atoms with Crippen molar-refractivity contribution >= 4 is 5.91 Å². The number of amides is 1. The first-order valence-corrected chi connectivity index (χ1v) is 7.55. The monoisotopic (exact) mass is 340 g/mol. The van der Waals surface area contributed by atoms with Crippen LogP contribution >= 0.6 is 0 Å². The Labute approximate surface area is 135 Å². The van der Waals surface area contributed by atoms with Crippen LogP contribution in [0.4, 0.5) is 13.2 Å². The Morgan fingerprint density at radius 2 is 1.92 bits per heavy atom. The molecule has 1 atom stereocenters. The topological polar surface area (TPSA) is 75.4 Å². The number of aromatic nitrogens is 1. The lowest BCUT2D eigenvalue weighted by Gasteiger charge is -2.17. The Balaban J connectivity index is 1.83. The van der Waals surface area contributed by atoms with Gasteiger partial charge in [0.05, 0.1) is 12.6 Å². The van der Waals surface area contributed by atoms with E-state index in [2.05, 4.69) is 10.5 Å². The minimum Gasteiger partial charge on any atom is -0.394 e. The van der Waals surface area contributed by atoms with Gasteiger partial charge in [0.25, 0.3) is 5.91 Å². The van der Waals surface area contributed by atoms with E-state index in [0.29, 0.717) is 24.2 Å². The number of carbonyl (C=O) groups is 1. The average Bonchev–Trinajstić information content (AvgIpc) is 3.01. The van der Waals surface area contributed by atoms with Gasteiger partial charge >= 0.3 is 0 Å². The van der Waals surface area contributed by atoms with E-state index in [-0.39, 0.29) is 11.3 Å². The zero-order valence-corrected chi connectivity index (χ0v) is 12.6. The van der Waals surface area contributed by atoms with E-state index in [4.69, 9.17) is 4.52 Å². The predicted molar refractivity (Wildman–Crippen MR) is 76.8 cm³/mol. The molecule has 8 heteroatoms. The first kappa shape index (κ1) is 16.5. The summed E-state index contributed by atoms with van der Waals surface area (Å²) in [6.45, 7) is -0.615. The van der Waals surface area contributed by atoms with E-state index in [1.807, 2.05) is 0 Å². The molecule has 24 heavy (non-hydrogen) atoms. The molecule has 2 N–H and O–H groups in total. The van der Waals surface area contributed by atoms with E-state index in [1.54, 1.807) is 0 Å². The van der Waals surface area contributed by atoms with Crippen LogP contribution < -0.4 is 5.32 Å². The zero-order chi connectivity index (χ0) is 17.3. The number of nitrogens with zero attached hydrogens (tertiary/aromatic N) is 1. The molecule has 1 aromatic heterocycles. The molecule has 0 spiro atoms. The van der Waals surface area contributed by atoms with E-state index in [9.17, 15) is 23.1 Å². The molecule has 1 amide bonds. The van der Waals surface area contributed by atoms with Crippen molar-refractivity contribution in [2.45, 2.75) is 31.7 Å². The molecule has 0 saturated carbocycles. The van der Waals surface area contributed by atoms with Crippen LogP contribution in [0.3, 0.4) is 0 Å². The molecule has 0 bridgehead atoms. The standard InChI is InChI=1S/C16H15F3N2O3/c17-10-5-8(6-11(18)14(10)19)12(7-22)20-16(23)15-9-3-1-2-4-13(9)24-21-15/h5-6,12,22H,1-4,7H2,(H,20,23). The number of hydrogen-bond donors (Lipinski definition) is 2. The molecule has 0 aliphatic heterocycles. The fourth-order valence-corrected chi connectivity index (χ4v) is 2.80. The second kappa shape index (κ2) is 6.64. The highest BCUT2D eigenvalue weighted by atomic mass is 19.2. The number of aliphatic hydroxyl groups is 1. The van der Waals surface area contributed by atoms with Crippen LogP contribution in [0.5, 0.6) is 0 Å². The molecular formula is C16H15F3N2O3. The van der Waals surface area contributed by atoms with E-state index in [0.717, 1.165) is 25.0 Å². The normalized spacial score (nSPS) is 15.0. The number of rotatable bonds is 4. The van der Waals surface area contributed by atoms with E-state index in [1.165, 1.54) is 0 Å². The van der Waals surface area contributed by atoms with Gasteiger partial charge in [0.1, 0.15) is 5.76 Å². The number of carbonyl (C=O) groups excluding carboxylic acids is 1. The largest absolute Gasteiger partial charge is 0.394 e. The first-order chi connectivity index (χ1) is 11.5. The second-order valence-electron chi connectivity index (χ2n) is 5.65. The summed E-state index contributed by atoms with van der Waals surface area (Å²) in [5.41, 5.74) is 0.734. The Bertz CT molecular complexity index is 753. The van der Waals surface area contributed by atoms with Crippen molar-refractivity contribution in [3.05, 3.63) is 52.2 Å². The third-order valence-electron chi connectivity index (χ3n) is 4.06. The first-order valence-electron chi connectivity index (χ1n) is 7.55. The summed E-state index contributed by atoms with van der Waals surface area (Å²) in [5, 5.41) is 15.6. The number of aliphatic hydroxyl groups excluding tert-OH is 1. The third kappa shape index (κ3) is 3.01. The van der Waals surface area contributed by atoms with Gasteiger partial charge in [-0.1, -0.05) is 5.16 Å². The minimum absolute atomic E-state index is 0.0837. The van der Waals surface area contributed by atoms with Gasteiger partial charge in [-0.15, -0.1) is 0 Å². The molecule has 2 aromatic rings. The zero-order valence-electron chi connectivity index (χ0n) is 12.6. The van der Waals surface area contributed by atoms with Crippen LogP contribution in [-0.4, -0.2) is 22.8 Å². The highest BCUT2D eigenvalue weighted by Gasteiger charge is 2.26. The molecular weight excluding hydrogens is 325 g/mol. The molecule has 1 unspecified atom stereocenters. The lowest BCUT2D eigenvalue weighted by molar-refractivity contribution is 0.0906. The molecule has 0 fully saturated rings. The predicted octanol–water partition coefficient (Wildman–Crippen LogP) is 2.43. The lowest BCUT2D eigenvalue weighted by Crippen LogP contribution is -2.32. The van der Waals surface area contributed by atoms with Gasteiger partial charge in [0, 0.05) is 12.0 Å². The van der Waals surface area contributed by atoms with E-state index >= 15 is 0 Å². The van der Waals surface area contributed by atoms with Gasteiger partial charge in [-0.25, -0.2) is 13.2 Å². The average molecular weight is 340 g/mol. The molecule has 5 nitrogen and oxygen atoms in total. The van der Waals surface area contributed by atoms with Crippen LogP contribution in [0.1, 0.15) is 46.3 Å². The molecule has 3 rings (SSSR count). The summed E-state index contributed by atoms with van der Waals surface area (Å²) in [6, 6.07) is 0.369. The van der Waals surface area contributed by atoms with Gasteiger partial charge in [-0.05, 0) is 37.0 Å². The number of hydrogen-bond acceptors (Lipinski definition) is 4. The molecule has 1 aliphatic rings. The van der Waals surface area contributed by atoms with Crippen LogP contribution in [0, 0.1) is 17.5 Å². The smallest absolute Gasteiger partial charge is 0.274 e. The molecule has 128 valence electrons. The summed E-state index contributed by atoms with van der Waals surface area (Å²) < 4.78 is 44.8. The van der Waals surface area contributed by atoms with Crippen molar-refractivity contribution in [2.75, 3.05) is 6.61 Å². The minimum atomic E-state index is -1.60. The summed E-state index contributed by atoms with van der Waals surface area (Å²) in [4.78, 5) is 12.4. The summed E-state index contributed by atoms with van der Waals surface area (Å²) >= 11 is 0.